The third-order valence-electron chi connectivity index (χ3n) is 8.00. The van der Waals surface area contributed by atoms with Crippen LogP contribution in [0.15, 0.2) is 114 Å². The van der Waals surface area contributed by atoms with Crippen LogP contribution in [0, 0.1) is 5.82 Å². The zero-order valence-electron chi connectivity index (χ0n) is 24.7. The molecule has 0 bridgehead atoms. The van der Waals surface area contributed by atoms with E-state index in [2.05, 4.69) is 5.32 Å². The summed E-state index contributed by atoms with van der Waals surface area (Å²) in [6, 6.07) is 28.3. The lowest BCUT2D eigenvalue weighted by Crippen LogP contribution is -2.54. The van der Waals surface area contributed by atoms with Gasteiger partial charge in [0.15, 0.2) is 0 Å². The van der Waals surface area contributed by atoms with Crippen LogP contribution in [-0.2, 0) is 32.6 Å². The number of hydrogen-bond acceptors (Lipinski definition) is 4. The minimum absolute atomic E-state index is 0.0285. The first-order chi connectivity index (χ1) is 21.7. The van der Waals surface area contributed by atoms with Crippen LogP contribution in [0.3, 0.4) is 0 Å². The summed E-state index contributed by atoms with van der Waals surface area (Å²) in [7, 11) is -4.28. The molecule has 10 heteroatoms. The number of carbonyl (C=O) groups is 2. The predicted octanol–water partition coefficient (Wildman–Crippen LogP) is 6.37. The highest BCUT2D eigenvalue weighted by Gasteiger charge is 2.36. The Hall–Kier alpha value is -4.21. The number of carbonyl (C=O) groups excluding carboxylic acids is 2. The zero-order chi connectivity index (χ0) is 31.8. The Bertz CT molecular complexity index is 1720. The third-order valence-corrected chi connectivity index (χ3v) is 10.1. The molecule has 1 atom stereocenters. The Kier molecular flexibility index (Phi) is 10.5. The van der Waals surface area contributed by atoms with Crippen molar-refractivity contribution in [2.75, 3.05) is 10.8 Å². The van der Waals surface area contributed by atoms with Crippen molar-refractivity contribution in [1.29, 1.82) is 0 Å². The first-order valence-corrected chi connectivity index (χ1v) is 16.8. The molecule has 234 valence electrons. The van der Waals surface area contributed by atoms with E-state index < -0.39 is 34.3 Å². The summed E-state index contributed by atoms with van der Waals surface area (Å²) in [6.45, 7) is -0.916. The molecule has 5 rings (SSSR count). The van der Waals surface area contributed by atoms with Crippen molar-refractivity contribution in [3.8, 4) is 0 Å². The van der Waals surface area contributed by atoms with Crippen LogP contribution >= 0.6 is 11.6 Å². The molecule has 1 aliphatic rings. The fourth-order valence-electron chi connectivity index (χ4n) is 5.62. The van der Waals surface area contributed by atoms with Crippen molar-refractivity contribution in [1.82, 2.24) is 10.2 Å². The molecule has 0 heterocycles. The van der Waals surface area contributed by atoms with Crippen LogP contribution in [0.5, 0.6) is 0 Å². The molecule has 4 aromatic rings. The summed E-state index contributed by atoms with van der Waals surface area (Å²) >= 11 is 6.50. The fraction of sp³-hybridized carbons (Fsp3) is 0.257. The van der Waals surface area contributed by atoms with Crippen LogP contribution in [0.4, 0.5) is 10.1 Å². The second kappa shape index (κ2) is 14.7. The third kappa shape index (κ3) is 7.90. The van der Waals surface area contributed by atoms with Crippen LogP contribution in [0.25, 0.3) is 0 Å². The Balaban J connectivity index is 1.57. The number of halogens is 2. The Morgan fingerprint density at radius 3 is 2.11 bits per heavy atom. The molecule has 1 saturated carbocycles. The van der Waals surface area contributed by atoms with Gasteiger partial charge in [-0.05, 0) is 48.7 Å². The van der Waals surface area contributed by atoms with Gasteiger partial charge in [-0.3, -0.25) is 13.9 Å². The number of sulfonamides is 1. The molecule has 4 aromatic carbocycles. The van der Waals surface area contributed by atoms with Crippen molar-refractivity contribution < 1.29 is 22.4 Å². The van der Waals surface area contributed by atoms with Gasteiger partial charge in [-0.2, -0.15) is 0 Å². The van der Waals surface area contributed by atoms with Crippen molar-refractivity contribution in [3.05, 3.63) is 131 Å². The summed E-state index contributed by atoms with van der Waals surface area (Å²) in [5.74, 6) is -1.59. The molecule has 0 unspecified atom stereocenters. The van der Waals surface area contributed by atoms with Crippen molar-refractivity contribution in [2.45, 2.75) is 55.6 Å². The Labute approximate surface area is 268 Å². The molecular formula is C35H35ClFN3O4S. The molecule has 1 fully saturated rings. The average Bonchev–Trinajstić information content (AvgIpc) is 3.56. The van der Waals surface area contributed by atoms with Crippen LogP contribution in [0.1, 0.15) is 36.8 Å². The van der Waals surface area contributed by atoms with Gasteiger partial charge in [0.05, 0.1) is 15.6 Å². The minimum Gasteiger partial charge on any atom is -0.352 e. The number of benzene rings is 4. The minimum atomic E-state index is -4.28. The van der Waals surface area contributed by atoms with Gasteiger partial charge in [-0.25, -0.2) is 12.8 Å². The van der Waals surface area contributed by atoms with Crippen molar-refractivity contribution in [2.24, 2.45) is 0 Å². The maximum absolute atomic E-state index is 15.1. The van der Waals surface area contributed by atoms with E-state index in [1.807, 2.05) is 30.3 Å². The number of amides is 2. The van der Waals surface area contributed by atoms with E-state index in [1.54, 1.807) is 54.6 Å². The predicted molar refractivity (Wildman–Crippen MR) is 174 cm³/mol. The van der Waals surface area contributed by atoms with Crippen molar-refractivity contribution in [3.63, 3.8) is 0 Å². The van der Waals surface area contributed by atoms with E-state index in [1.165, 1.54) is 29.2 Å². The van der Waals surface area contributed by atoms with Crippen LogP contribution < -0.4 is 9.62 Å². The van der Waals surface area contributed by atoms with Crippen LogP contribution in [-0.4, -0.2) is 43.8 Å². The number of anilines is 1. The van der Waals surface area contributed by atoms with Gasteiger partial charge >= 0.3 is 0 Å². The van der Waals surface area contributed by atoms with Gasteiger partial charge in [0, 0.05) is 24.6 Å². The van der Waals surface area contributed by atoms with Crippen LogP contribution in [0.2, 0.25) is 5.02 Å². The first-order valence-electron chi connectivity index (χ1n) is 14.9. The summed E-state index contributed by atoms with van der Waals surface area (Å²) in [4.78, 5) is 29.7. The quantitative estimate of drug-likeness (QED) is 0.194. The normalized spacial score (nSPS) is 14.1. The molecule has 0 aliphatic heterocycles. The first kappa shape index (κ1) is 32.2. The van der Waals surface area contributed by atoms with Gasteiger partial charge in [0.25, 0.3) is 10.0 Å². The summed E-state index contributed by atoms with van der Waals surface area (Å²) in [5, 5.41) is 3.24. The number of hydrogen-bond donors (Lipinski definition) is 1. The molecule has 7 nitrogen and oxygen atoms in total. The molecule has 0 saturated heterocycles. The van der Waals surface area contributed by atoms with Gasteiger partial charge in [0.1, 0.15) is 18.4 Å². The number of rotatable bonds is 12. The van der Waals surface area contributed by atoms with Gasteiger partial charge < -0.3 is 10.2 Å². The molecule has 1 N–H and O–H groups in total. The highest BCUT2D eigenvalue weighted by molar-refractivity contribution is 7.92. The Morgan fingerprint density at radius 2 is 1.44 bits per heavy atom. The molecule has 45 heavy (non-hydrogen) atoms. The molecule has 2 amide bonds. The fourth-order valence-corrected chi connectivity index (χ4v) is 7.36. The molecule has 0 radical (unpaired) electrons. The number of para-hydroxylation sites is 1. The van der Waals surface area contributed by atoms with Gasteiger partial charge in [-0.1, -0.05) is 103 Å². The maximum Gasteiger partial charge on any atom is 0.264 e. The lowest BCUT2D eigenvalue weighted by Gasteiger charge is -2.34. The molecular weight excluding hydrogens is 613 g/mol. The molecule has 0 aromatic heterocycles. The SMILES string of the molecule is O=C(NC1CCCC1)[C@@H](Cc1ccccc1)N(Cc1ccccc1F)C(=O)CN(c1ccccc1Cl)S(=O)(=O)c1ccccc1. The highest BCUT2D eigenvalue weighted by atomic mass is 35.5. The summed E-state index contributed by atoms with van der Waals surface area (Å²) in [5.41, 5.74) is 1.11. The van der Waals surface area contributed by atoms with E-state index >= 15 is 4.39 Å². The molecule has 0 spiro atoms. The van der Waals surface area contributed by atoms with E-state index in [0.717, 1.165) is 35.6 Å². The second-order valence-electron chi connectivity index (χ2n) is 11.1. The zero-order valence-corrected chi connectivity index (χ0v) is 26.3. The van der Waals surface area contributed by atoms with E-state index in [-0.39, 0.29) is 46.1 Å². The average molecular weight is 648 g/mol. The van der Waals surface area contributed by atoms with Crippen molar-refractivity contribution >= 4 is 39.1 Å². The number of nitrogens with zero attached hydrogens (tertiary/aromatic N) is 2. The topological polar surface area (TPSA) is 86.8 Å². The largest absolute Gasteiger partial charge is 0.352 e. The lowest BCUT2D eigenvalue weighted by atomic mass is 10.0. The summed E-state index contributed by atoms with van der Waals surface area (Å²) in [6.07, 6.45) is 3.81. The second-order valence-corrected chi connectivity index (χ2v) is 13.4. The Morgan fingerprint density at radius 1 is 0.844 bits per heavy atom. The maximum atomic E-state index is 15.1. The smallest absolute Gasteiger partial charge is 0.264 e. The summed E-state index contributed by atoms with van der Waals surface area (Å²) < 4.78 is 44.1. The highest BCUT2D eigenvalue weighted by Crippen LogP contribution is 2.31. The molecule has 1 aliphatic carbocycles. The number of nitrogens with one attached hydrogen (secondary N) is 1. The van der Waals surface area contributed by atoms with E-state index in [9.17, 15) is 18.0 Å². The monoisotopic (exact) mass is 647 g/mol. The standard InChI is InChI=1S/C35H35ClFN3O4S/c36-30-20-10-12-22-32(30)40(45(43,44)29-18-5-2-6-19-29)25-34(41)39(24-27-15-7-11-21-31(27)37)33(23-26-13-3-1-4-14-26)35(42)38-28-16-8-9-17-28/h1-7,10-15,18-22,28,33H,8-9,16-17,23-25H2,(H,38,42)/t33-/m1/s1. The van der Waals surface area contributed by atoms with Gasteiger partial charge in [0.2, 0.25) is 11.8 Å². The van der Waals surface area contributed by atoms with Gasteiger partial charge in [-0.15, -0.1) is 0 Å². The lowest BCUT2D eigenvalue weighted by molar-refractivity contribution is -0.140. The van der Waals surface area contributed by atoms with E-state index in [0.29, 0.717) is 0 Å². The van der Waals surface area contributed by atoms with E-state index in [4.69, 9.17) is 11.6 Å².